The summed E-state index contributed by atoms with van der Waals surface area (Å²) < 4.78 is 0. The van der Waals surface area contributed by atoms with Crippen molar-refractivity contribution in [1.29, 1.82) is 0 Å². The molecule has 3 heterocycles. The van der Waals surface area contributed by atoms with Crippen molar-refractivity contribution >= 4 is 11.6 Å². The van der Waals surface area contributed by atoms with Gasteiger partial charge in [-0.05, 0) is 76.1 Å². The maximum atomic E-state index is 13.3. The Balaban J connectivity index is 1.23. The number of benzene rings is 2. The normalized spacial score (nSPS) is 18.2. The third kappa shape index (κ3) is 6.01. The number of hydrogen-bond acceptors (Lipinski definition) is 5. The molecule has 0 aliphatic carbocycles. The fourth-order valence-corrected chi connectivity index (χ4v) is 6.42. The summed E-state index contributed by atoms with van der Waals surface area (Å²) >= 11 is 0. The molecule has 2 aromatic carbocycles. The average molecular weight is 526 g/mol. The summed E-state index contributed by atoms with van der Waals surface area (Å²) in [4.78, 5) is 29.2. The van der Waals surface area contributed by atoms with Gasteiger partial charge in [-0.2, -0.15) is 0 Å². The van der Waals surface area contributed by atoms with Gasteiger partial charge in [0.25, 0.3) is 5.91 Å². The van der Waals surface area contributed by atoms with Crippen LogP contribution in [0, 0.1) is 13.8 Å². The van der Waals surface area contributed by atoms with E-state index in [-0.39, 0.29) is 11.4 Å². The largest absolute Gasteiger partial charge is 0.364 e. The predicted molar refractivity (Wildman–Crippen MR) is 158 cm³/mol. The SMILES string of the molecule is CCc1ccc(N(Cc2ccccc2)C2CCN(C3(C)CCN(C(=O)c4c(C)ncnc4C)CC3)CC2)cc1. The van der Waals surface area contributed by atoms with Crippen LogP contribution in [0.2, 0.25) is 0 Å². The maximum absolute atomic E-state index is 13.3. The third-order valence-electron chi connectivity index (χ3n) is 9.11. The second-order valence-electron chi connectivity index (χ2n) is 11.6. The number of hydrogen-bond donors (Lipinski definition) is 0. The molecule has 5 rings (SSSR count). The van der Waals surface area contributed by atoms with Gasteiger partial charge in [0.2, 0.25) is 0 Å². The van der Waals surface area contributed by atoms with E-state index in [0.717, 1.165) is 76.2 Å². The number of piperidine rings is 2. The van der Waals surface area contributed by atoms with Crippen LogP contribution in [-0.2, 0) is 13.0 Å². The molecule has 2 saturated heterocycles. The fourth-order valence-electron chi connectivity index (χ4n) is 6.42. The average Bonchev–Trinajstić information content (AvgIpc) is 2.97. The predicted octanol–water partition coefficient (Wildman–Crippen LogP) is 5.82. The van der Waals surface area contributed by atoms with E-state index in [4.69, 9.17) is 0 Å². The van der Waals surface area contributed by atoms with Crippen molar-refractivity contribution < 1.29 is 4.79 Å². The number of rotatable bonds is 7. The second-order valence-corrected chi connectivity index (χ2v) is 11.6. The van der Waals surface area contributed by atoms with Crippen molar-refractivity contribution in [3.8, 4) is 0 Å². The Labute approximate surface area is 234 Å². The van der Waals surface area contributed by atoms with Crippen molar-refractivity contribution in [1.82, 2.24) is 19.8 Å². The number of carbonyl (C=O) groups excluding carboxylic acids is 1. The van der Waals surface area contributed by atoms with E-state index < -0.39 is 0 Å². The molecule has 6 heteroatoms. The third-order valence-corrected chi connectivity index (χ3v) is 9.11. The van der Waals surface area contributed by atoms with Crippen LogP contribution >= 0.6 is 0 Å². The van der Waals surface area contributed by atoms with Gasteiger partial charge in [-0.3, -0.25) is 9.69 Å². The highest BCUT2D eigenvalue weighted by atomic mass is 16.2. The summed E-state index contributed by atoms with van der Waals surface area (Å²) in [5.74, 6) is 0.0806. The first-order valence-electron chi connectivity index (χ1n) is 14.6. The van der Waals surface area contributed by atoms with Gasteiger partial charge in [-0.25, -0.2) is 9.97 Å². The van der Waals surface area contributed by atoms with Crippen LogP contribution in [-0.4, -0.2) is 63.4 Å². The Kier molecular flexibility index (Phi) is 8.31. The lowest BCUT2D eigenvalue weighted by molar-refractivity contribution is 0.0170. The monoisotopic (exact) mass is 525 g/mol. The first kappa shape index (κ1) is 27.3. The summed E-state index contributed by atoms with van der Waals surface area (Å²) in [5.41, 5.74) is 6.41. The Morgan fingerprint density at radius 1 is 0.897 bits per heavy atom. The van der Waals surface area contributed by atoms with Gasteiger partial charge < -0.3 is 9.80 Å². The highest BCUT2D eigenvalue weighted by Crippen LogP contribution is 2.34. The molecule has 0 atom stereocenters. The van der Waals surface area contributed by atoms with Crippen molar-refractivity contribution in [2.24, 2.45) is 0 Å². The van der Waals surface area contributed by atoms with Gasteiger partial charge in [0.05, 0.1) is 17.0 Å². The summed E-state index contributed by atoms with van der Waals surface area (Å²) in [6, 6.07) is 20.6. The van der Waals surface area contributed by atoms with Crippen LogP contribution in [0.4, 0.5) is 5.69 Å². The van der Waals surface area contributed by atoms with Crippen LogP contribution in [0.25, 0.3) is 0 Å². The second kappa shape index (κ2) is 11.9. The smallest absolute Gasteiger partial charge is 0.257 e. The molecule has 206 valence electrons. The first-order chi connectivity index (χ1) is 18.9. The zero-order valence-corrected chi connectivity index (χ0v) is 24.1. The van der Waals surface area contributed by atoms with Gasteiger partial charge >= 0.3 is 0 Å². The van der Waals surface area contributed by atoms with Crippen molar-refractivity contribution in [2.45, 2.75) is 77.9 Å². The molecule has 0 radical (unpaired) electrons. The van der Waals surface area contributed by atoms with Crippen LogP contribution in [0.15, 0.2) is 60.9 Å². The van der Waals surface area contributed by atoms with Crippen molar-refractivity contribution in [3.05, 3.63) is 89.0 Å². The number of anilines is 1. The number of likely N-dealkylation sites (tertiary alicyclic amines) is 2. The molecule has 0 saturated carbocycles. The Morgan fingerprint density at radius 3 is 2.10 bits per heavy atom. The quantitative estimate of drug-likeness (QED) is 0.389. The van der Waals surface area contributed by atoms with E-state index in [1.165, 1.54) is 16.8 Å². The molecule has 0 bridgehead atoms. The van der Waals surface area contributed by atoms with E-state index >= 15 is 0 Å². The molecule has 0 unspecified atom stereocenters. The minimum Gasteiger partial charge on any atom is -0.364 e. The number of aryl methyl sites for hydroxylation is 3. The molecule has 0 spiro atoms. The molecule has 2 aliphatic heterocycles. The molecule has 1 amide bonds. The number of carbonyl (C=O) groups is 1. The standard InChI is InChI=1S/C33H43N5O/c1-5-27-11-13-29(14-12-27)38(23-28-9-7-6-8-10-28)30-15-19-37(20-16-30)33(4)17-21-36(22-18-33)32(39)31-25(2)34-24-35-26(31)3/h6-14,24,30H,5,15-23H2,1-4H3. The van der Waals surface area contributed by atoms with Crippen LogP contribution < -0.4 is 4.90 Å². The van der Waals surface area contributed by atoms with Gasteiger partial charge in [0.15, 0.2) is 0 Å². The number of nitrogens with zero attached hydrogens (tertiary/aromatic N) is 5. The lowest BCUT2D eigenvalue weighted by atomic mass is 9.85. The molecule has 2 aliphatic rings. The zero-order chi connectivity index (χ0) is 27.4. The highest BCUT2D eigenvalue weighted by Gasteiger charge is 2.39. The molecule has 1 aromatic heterocycles. The minimum absolute atomic E-state index is 0.0806. The summed E-state index contributed by atoms with van der Waals surface area (Å²) in [6.07, 6.45) is 6.92. The van der Waals surface area contributed by atoms with E-state index in [0.29, 0.717) is 11.6 Å². The summed E-state index contributed by atoms with van der Waals surface area (Å²) in [5, 5.41) is 0. The van der Waals surface area contributed by atoms with E-state index in [1.54, 1.807) is 6.33 Å². The summed E-state index contributed by atoms with van der Waals surface area (Å²) in [6.45, 7) is 13.1. The highest BCUT2D eigenvalue weighted by molar-refractivity contribution is 5.96. The van der Waals surface area contributed by atoms with E-state index in [2.05, 4.69) is 88.2 Å². The van der Waals surface area contributed by atoms with Crippen molar-refractivity contribution in [3.63, 3.8) is 0 Å². The molecular formula is C33H43N5O. The molecule has 39 heavy (non-hydrogen) atoms. The Hall–Kier alpha value is -3.25. The molecule has 6 nitrogen and oxygen atoms in total. The number of aromatic nitrogens is 2. The van der Waals surface area contributed by atoms with Crippen LogP contribution in [0.3, 0.4) is 0 Å². The van der Waals surface area contributed by atoms with Crippen molar-refractivity contribution in [2.75, 3.05) is 31.1 Å². The fraction of sp³-hybridized carbons (Fsp3) is 0.485. The maximum Gasteiger partial charge on any atom is 0.257 e. The summed E-state index contributed by atoms with van der Waals surface area (Å²) in [7, 11) is 0. The lowest BCUT2D eigenvalue weighted by Gasteiger charge is -2.50. The first-order valence-corrected chi connectivity index (χ1v) is 14.6. The number of amides is 1. The zero-order valence-electron chi connectivity index (χ0n) is 24.1. The molecule has 3 aromatic rings. The molecular weight excluding hydrogens is 482 g/mol. The minimum atomic E-state index is 0.0806. The van der Waals surface area contributed by atoms with Crippen LogP contribution in [0.5, 0.6) is 0 Å². The lowest BCUT2D eigenvalue weighted by Crippen LogP contribution is -2.58. The van der Waals surface area contributed by atoms with Gasteiger partial charge in [0.1, 0.15) is 6.33 Å². The van der Waals surface area contributed by atoms with E-state index in [9.17, 15) is 4.79 Å². The van der Waals surface area contributed by atoms with Crippen LogP contribution in [0.1, 0.15) is 72.4 Å². The van der Waals surface area contributed by atoms with Gasteiger partial charge in [-0.1, -0.05) is 49.4 Å². The topological polar surface area (TPSA) is 52.6 Å². The Morgan fingerprint density at radius 2 is 1.51 bits per heavy atom. The van der Waals surface area contributed by atoms with Gasteiger partial charge in [-0.15, -0.1) is 0 Å². The molecule has 0 N–H and O–H groups in total. The van der Waals surface area contributed by atoms with E-state index in [1.807, 2.05) is 18.7 Å². The Bertz CT molecular complexity index is 1220. The molecule has 2 fully saturated rings. The van der Waals surface area contributed by atoms with Gasteiger partial charge in [0, 0.05) is 50.0 Å².